The number of piperidine rings is 1. The summed E-state index contributed by atoms with van der Waals surface area (Å²) in [5.74, 6) is 0.272. The van der Waals surface area contributed by atoms with Crippen molar-refractivity contribution in [2.75, 3.05) is 19.7 Å². The molecule has 5 nitrogen and oxygen atoms in total. The number of amides is 1. The van der Waals surface area contributed by atoms with Crippen LogP contribution in [-0.4, -0.2) is 36.5 Å². The zero-order chi connectivity index (χ0) is 17.3. The van der Waals surface area contributed by atoms with E-state index >= 15 is 0 Å². The molecule has 2 aliphatic rings. The standard InChI is InChI=1S/C20H19NO4/c22-18(13-24-15-7-2-1-3-8-15)21-12-6-11-20(14-21)17-10-5-4-9-16(17)19(23)25-20/h1-5,7-10H,6,11-14H2/t20-/m1/s1. The van der Waals surface area contributed by atoms with Gasteiger partial charge >= 0.3 is 5.97 Å². The number of benzene rings is 2. The monoisotopic (exact) mass is 337 g/mol. The first kappa shape index (κ1) is 15.7. The maximum atomic E-state index is 12.6. The van der Waals surface area contributed by atoms with Crippen LogP contribution < -0.4 is 4.74 Å². The molecule has 0 saturated carbocycles. The van der Waals surface area contributed by atoms with Gasteiger partial charge in [0, 0.05) is 12.1 Å². The fourth-order valence-electron chi connectivity index (χ4n) is 3.64. The van der Waals surface area contributed by atoms with E-state index in [9.17, 15) is 9.59 Å². The highest BCUT2D eigenvalue weighted by Crippen LogP contribution is 2.42. The molecule has 0 unspecified atom stereocenters. The number of esters is 1. The second-order valence-corrected chi connectivity index (χ2v) is 6.45. The lowest BCUT2D eigenvalue weighted by Crippen LogP contribution is -2.50. The fraction of sp³-hybridized carbons (Fsp3) is 0.300. The zero-order valence-corrected chi connectivity index (χ0v) is 13.8. The molecule has 1 spiro atoms. The van der Waals surface area contributed by atoms with Crippen LogP contribution in [0.1, 0.15) is 28.8 Å². The molecule has 1 amide bonds. The van der Waals surface area contributed by atoms with Gasteiger partial charge in [-0.2, -0.15) is 0 Å². The first-order valence-electron chi connectivity index (χ1n) is 8.46. The Bertz CT molecular complexity index is 804. The van der Waals surface area contributed by atoms with E-state index in [1.165, 1.54) is 0 Å². The molecular formula is C20H19NO4. The fourth-order valence-corrected chi connectivity index (χ4v) is 3.64. The molecular weight excluding hydrogens is 318 g/mol. The third-order valence-corrected chi connectivity index (χ3v) is 4.84. The number of likely N-dealkylation sites (tertiary alicyclic amines) is 1. The minimum absolute atomic E-state index is 0.0182. The van der Waals surface area contributed by atoms with Gasteiger partial charge < -0.3 is 14.4 Å². The van der Waals surface area contributed by atoms with Crippen LogP contribution in [0, 0.1) is 0 Å². The van der Waals surface area contributed by atoms with E-state index in [1.807, 2.05) is 48.5 Å². The minimum atomic E-state index is -0.714. The van der Waals surface area contributed by atoms with Gasteiger partial charge in [-0.15, -0.1) is 0 Å². The van der Waals surface area contributed by atoms with Gasteiger partial charge in [0.15, 0.2) is 12.2 Å². The van der Waals surface area contributed by atoms with E-state index in [0.29, 0.717) is 24.4 Å². The lowest BCUT2D eigenvalue weighted by molar-refractivity contribution is -0.140. The van der Waals surface area contributed by atoms with E-state index in [1.54, 1.807) is 11.0 Å². The van der Waals surface area contributed by atoms with E-state index in [2.05, 4.69) is 0 Å². The van der Waals surface area contributed by atoms with Crippen molar-refractivity contribution in [3.8, 4) is 5.75 Å². The quantitative estimate of drug-likeness (QED) is 0.808. The molecule has 1 saturated heterocycles. The normalized spacial score (nSPS) is 21.8. The maximum Gasteiger partial charge on any atom is 0.339 e. The SMILES string of the molecule is O=C1O[C@@]2(CCCN(C(=O)COc3ccccc3)C2)c2ccccc21. The number of para-hydroxylation sites is 1. The lowest BCUT2D eigenvalue weighted by Gasteiger charge is -2.39. The minimum Gasteiger partial charge on any atom is -0.484 e. The largest absolute Gasteiger partial charge is 0.484 e. The average Bonchev–Trinajstić information content (AvgIpc) is 2.92. The lowest BCUT2D eigenvalue weighted by atomic mass is 9.85. The second-order valence-electron chi connectivity index (χ2n) is 6.45. The number of carbonyl (C=O) groups excluding carboxylic acids is 2. The van der Waals surface area contributed by atoms with E-state index in [0.717, 1.165) is 18.4 Å². The van der Waals surface area contributed by atoms with Gasteiger partial charge in [-0.3, -0.25) is 4.79 Å². The van der Waals surface area contributed by atoms with Crippen LogP contribution in [0.4, 0.5) is 0 Å². The van der Waals surface area contributed by atoms with Crippen LogP contribution in [0.25, 0.3) is 0 Å². The Morgan fingerprint density at radius 2 is 1.88 bits per heavy atom. The Labute approximate surface area is 146 Å². The van der Waals surface area contributed by atoms with Crippen molar-refractivity contribution >= 4 is 11.9 Å². The summed E-state index contributed by atoms with van der Waals surface area (Å²) in [6.45, 7) is 1.01. The van der Waals surface area contributed by atoms with Crippen LogP contribution >= 0.6 is 0 Å². The van der Waals surface area contributed by atoms with Crippen molar-refractivity contribution < 1.29 is 19.1 Å². The predicted octanol–water partition coefficient (Wildman–Crippen LogP) is 2.75. The molecule has 0 bridgehead atoms. The van der Waals surface area contributed by atoms with Gasteiger partial charge in [0.05, 0.1) is 12.1 Å². The molecule has 0 radical (unpaired) electrons. The molecule has 0 N–H and O–H groups in total. The Morgan fingerprint density at radius 1 is 1.12 bits per heavy atom. The van der Waals surface area contributed by atoms with Gasteiger partial charge in [0.25, 0.3) is 5.91 Å². The van der Waals surface area contributed by atoms with Crippen molar-refractivity contribution in [3.63, 3.8) is 0 Å². The van der Waals surface area contributed by atoms with Crippen LogP contribution in [-0.2, 0) is 15.1 Å². The van der Waals surface area contributed by atoms with Crippen molar-refractivity contribution in [1.29, 1.82) is 0 Å². The highest BCUT2D eigenvalue weighted by molar-refractivity contribution is 5.95. The van der Waals surface area contributed by atoms with E-state index < -0.39 is 5.60 Å². The highest BCUT2D eigenvalue weighted by atomic mass is 16.6. The number of fused-ring (bicyclic) bond motifs is 2. The molecule has 2 aromatic carbocycles. The summed E-state index contributed by atoms with van der Waals surface area (Å²) >= 11 is 0. The molecule has 0 aromatic heterocycles. The number of hydrogen-bond acceptors (Lipinski definition) is 4. The number of hydrogen-bond donors (Lipinski definition) is 0. The molecule has 25 heavy (non-hydrogen) atoms. The van der Waals surface area contributed by atoms with Gasteiger partial charge in [0.1, 0.15) is 5.75 Å². The van der Waals surface area contributed by atoms with Crippen molar-refractivity contribution in [2.24, 2.45) is 0 Å². The summed E-state index contributed by atoms with van der Waals surface area (Å²) in [4.78, 5) is 26.5. The first-order chi connectivity index (χ1) is 12.2. The Morgan fingerprint density at radius 3 is 2.72 bits per heavy atom. The number of ether oxygens (including phenoxy) is 2. The Balaban J connectivity index is 1.48. The number of nitrogens with zero attached hydrogens (tertiary/aromatic N) is 1. The molecule has 2 aromatic rings. The zero-order valence-electron chi connectivity index (χ0n) is 13.8. The molecule has 2 aliphatic heterocycles. The maximum absolute atomic E-state index is 12.6. The molecule has 4 rings (SSSR count). The summed E-state index contributed by atoms with van der Waals surface area (Å²) < 4.78 is 11.3. The average molecular weight is 337 g/mol. The topological polar surface area (TPSA) is 55.8 Å². The van der Waals surface area contributed by atoms with Crippen LogP contribution in [0.5, 0.6) is 5.75 Å². The van der Waals surface area contributed by atoms with Gasteiger partial charge in [-0.1, -0.05) is 36.4 Å². The molecule has 1 atom stereocenters. The van der Waals surface area contributed by atoms with Gasteiger partial charge in [-0.25, -0.2) is 4.79 Å². The summed E-state index contributed by atoms with van der Waals surface area (Å²) in [6, 6.07) is 16.7. The second kappa shape index (κ2) is 6.24. The van der Waals surface area contributed by atoms with Crippen LogP contribution in [0.15, 0.2) is 54.6 Å². The van der Waals surface area contributed by atoms with Gasteiger partial charge in [-0.05, 0) is 31.0 Å². The van der Waals surface area contributed by atoms with Crippen LogP contribution in [0.2, 0.25) is 0 Å². The summed E-state index contributed by atoms with van der Waals surface area (Å²) in [5, 5.41) is 0. The smallest absolute Gasteiger partial charge is 0.339 e. The molecule has 0 aliphatic carbocycles. The third kappa shape index (κ3) is 2.86. The number of carbonyl (C=O) groups is 2. The highest BCUT2D eigenvalue weighted by Gasteiger charge is 2.48. The molecule has 2 heterocycles. The Hall–Kier alpha value is -2.82. The Kier molecular flexibility index (Phi) is 3.92. The molecule has 5 heteroatoms. The third-order valence-electron chi connectivity index (χ3n) is 4.84. The van der Waals surface area contributed by atoms with Crippen LogP contribution in [0.3, 0.4) is 0 Å². The van der Waals surface area contributed by atoms with Gasteiger partial charge in [0.2, 0.25) is 0 Å². The van der Waals surface area contributed by atoms with Crippen molar-refractivity contribution in [3.05, 3.63) is 65.7 Å². The number of rotatable bonds is 3. The summed E-state index contributed by atoms with van der Waals surface area (Å²) in [5.41, 5.74) is 0.785. The van der Waals surface area contributed by atoms with E-state index in [4.69, 9.17) is 9.47 Å². The van der Waals surface area contributed by atoms with E-state index in [-0.39, 0.29) is 18.5 Å². The summed E-state index contributed by atoms with van der Waals surface area (Å²) in [6.07, 6.45) is 1.53. The molecule has 1 fully saturated rings. The van der Waals surface area contributed by atoms with Crippen molar-refractivity contribution in [1.82, 2.24) is 4.90 Å². The van der Waals surface area contributed by atoms with Crippen molar-refractivity contribution in [2.45, 2.75) is 18.4 Å². The predicted molar refractivity (Wildman–Crippen MR) is 91.3 cm³/mol. The summed E-state index contributed by atoms with van der Waals surface area (Å²) in [7, 11) is 0. The first-order valence-corrected chi connectivity index (χ1v) is 8.46. The molecule has 128 valence electrons.